The number of ether oxygens (including phenoxy) is 1. The van der Waals surface area contributed by atoms with Crippen LogP contribution in [0.5, 0.6) is 5.75 Å². The van der Waals surface area contributed by atoms with Crippen molar-refractivity contribution in [1.29, 1.82) is 0 Å². The molecule has 8 nitrogen and oxygen atoms in total. The number of hydrogen-bond donors (Lipinski definition) is 1. The number of amides is 2. The molecule has 47 heavy (non-hydrogen) atoms. The summed E-state index contributed by atoms with van der Waals surface area (Å²) in [6.07, 6.45) is 0.759. The fourth-order valence-corrected chi connectivity index (χ4v) is 6.54. The molecule has 0 spiro atoms. The molecule has 0 aromatic heterocycles. The average Bonchev–Trinajstić information content (AvgIpc) is 3.07. The molecule has 0 unspecified atom stereocenters. The molecule has 2 atom stereocenters. The summed E-state index contributed by atoms with van der Waals surface area (Å²) in [6, 6.07) is 26.0. The maximum absolute atomic E-state index is 15.1. The first kappa shape index (κ1) is 35.4. The van der Waals surface area contributed by atoms with Crippen LogP contribution in [0.15, 0.2) is 108 Å². The minimum atomic E-state index is -4.38. The van der Waals surface area contributed by atoms with E-state index in [-0.39, 0.29) is 47.5 Å². The van der Waals surface area contributed by atoms with E-state index >= 15 is 4.39 Å². The second kappa shape index (κ2) is 16.4. The number of para-hydroxylation sites is 2. The monoisotopic (exact) mass is 679 g/mol. The third-order valence-electron chi connectivity index (χ3n) is 7.68. The van der Waals surface area contributed by atoms with Crippen molar-refractivity contribution in [3.63, 3.8) is 0 Å². The largest absolute Gasteiger partial charge is 0.492 e. The first-order valence-electron chi connectivity index (χ1n) is 15.4. The summed E-state index contributed by atoms with van der Waals surface area (Å²) in [5.74, 6) is -1.46. The molecule has 2 amide bonds. The Morgan fingerprint density at radius 2 is 1.53 bits per heavy atom. The van der Waals surface area contributed by atoms with Crippen LogP contribution < -0.4 is 14.4 Å². The fraction of sp³-hybridized carbons (Fsp3) is 0.278. The number of rotatable bonds is 15. The number of carbonyl (C=O) groups excluding carboxylic acids is 2. The molecular formula is C36H39ClFN3O5S. The minimum absolute atomic E-state index is 0.1000. The average molecular weight is 680 g/mol. The third-order valence-corrected chi connectivity index (χ3v) is 9.71. The first-order valence-corrected chi connectivity index (χ1v) is 17.2. The number of halogens is 2. The van der Waals surface area contributed by atoms with Crippen molar-refractivity contribution in [3.05, 3.63) is 125 Å². The van der Waals surface area contributed by atoms with Crippen molar-refractivity contribution in [2.45, 2.75) is 57.1 Å². The van der Waals surface area contributed by atoms with E-state index in [0.29, 0.717) is 11.4 Å². The van der Waals surface area contributed by atoms with E-state index in [1.807, 2.05) is 44.2 Å². The van der Waals surface area contributed by atoms with Gasteiger partial charge < -0.3 is 15.0 Å². The lowest BCUT2D eigenvalue weighted by Gasteiger charge is -2.34. The second-order valence-corrected chi connectivity index (χ2v) is 13.3. The third kappa shape index (κ3) is 9.11. The zero-order chi connectivity index (χ0) is 34.0. The molecule has 11 heteroatoms. The van der Waals surface area contributed by atoms with Crippen molar-refractivity contribution in [3.8, 4) is 5.75 Å². The number of nitrogens with zero attached hydrogens (tertiary/aromatic N) is 2. The zero-order valence-corrected chi connectivity index (χ0v) is 28.2. The molecule has 0 fully saturated rings. The van der Waals surface area contributed by atoms with Crippen molar-refractivity contribution in [2.75, 3.05) is 17.5 Å². The van der Waals surface area contributed by atoms with Gasteiger partial charge in [-0.2, -0.15) is 0 Å². The standard InChI is InChI=1S/C36H39ClFN3O5S/c1-4-26(3)39-36(43)33(23-27-13-7-6-8-14-27)40(24-28-15-9-10-16-31(28)38)35(42)25-41(32-17-11-12-18-34(32)46-5-2)47(44,45)30-21-19-29(37)20-22-30/h6-22,26,33H,4-5,23-25H2,1-3H3,(H,39,43)/t26-,33-/m0/s1. The van der Waals surface area contributed by atoms with Gasteiger partial charge in [0, 0.05) is 29.6 Å². The van der Waals surface area contributed by atoms with Crippen molar-refractivity contribution >= 4 is 39.1 Å². The van der Waals surface area contributed by atoms with Gasteiger partial charge in [-0.3, -0.25) is 13.9 Å². The van der Waals surface area contributed by atoms with Crippen LogP contribution in [0.4, 0.5) is 10.1 Å². The highest BCUT2D eigenvalue weighted by Gasteiger charge is 2.36. The molecule has 0 aliphatic carbocycles. The van der Waals surface area contributed by atoms with Crippen LogP contribution in [0.1, 0.15) is 38.3 Å². The maximum Gasteiger partial charge on any atom is 0.264 e. The zero-order valence-electron chi connectivity index (χ0n) is 26.6. The van der Waals surface area contributed by atoms with E-state index in [1.54, 1.807) is 37.3 Å². The lowest BCUT2D eigenvalue weighted by atomic mass is 10.0. The number of hydrogen-bond acceptors (Lipinski definition) is 5. The number of benzene rings is 4. The normalized spacial score (nSPS) is 12.5. The Morgan fingerprint density at radius 1 is 0.894 bits per heavy atom. The SMILES string of the molecule is CCOc1ccccc1N(CC(=O)N(Cc1ccccc1F)[C@@H](Cc1ccccc1)C(=O)N[C@@H](C)CC)S(=O)(=O)c1ccc(Cl)cc1. The van der Waals surface area contributed by atoms with Gasteiger partial charge in [-0.05, 0) is 68.3 Å². The molecule has 248 valence electrons. The molecule has 0 aliphatic rings. The van der Waals surface area contributed by atoms with Crippen molar-refractivity contribution < 1.29 is 27.1 Å². The molecule has 4 aromatic rings. The Hall–Kier alpha value is -4.41. The summed E-state index contributed by atoms with van der Waals surface area (Å²) in [7, 11) is -4.38. The molecule has 0 aliphatic heterocycles. The molecule has 0 heterocycles. The van der Waals surface area contributed by atoms with Crippen LogP contribution in [0.25, 0.3) is 0 Å². The second-order valence-electron chi connectivity index (χ2n) is 11.0. The summed E-state index contributed by atoms with van der Waals surface area (Å²) < 4.78 is 50.4. The molecular weight excluding hydrogens is 641 g/mol. The maximum atomic E-state index is 15.1. The molecule has 0 bridgehead atoms. The number of anilines is 1. The summed E-state index contributed by atoms with van der Waals surface area (Å²) in [5, 5.41) is 3.31. The van der Waals surface area contributed by atoms with Crippen LogP contribution in [-0.2, 0) is 32.6 Å². The van der Waals surface area contributed by atoms with E-state index < -0.39 is 40.2 Å². The lowest BCUT2D eigenvalue weighted by molar-refractivity contribution is -0.140. The van der Waals surface area contributed by atoms with E-state index in [4.69, 9.17) is 16.3 Å². The van der Waals surface area contributed by atoms with Crippen LogP contribution in [-0.4, -0.2) is 50.4 Å². The van der Waals surface area contributed by atoms with Crippen molar-refractivity contribution in [1.82, 2.24) is 10.2 Å². The fourth-order valence-electron chi connectivity index (χ4n) is 4.99. The molecule has 0 saturated carbocycles. The number of sulfonamides is 1. The number of nitrogens with one attached hydrogen (secondary N) is 1. The number of carbonyl (C=O) groups is 2. The van der Waals surface area contributed by atoms with Gasteiger partial charge in [-0.25, -0.2) is 12.8 Å². The quantitative estimate of drug-likeness (QED) is 0.152. The Balaban J connectivity index is 1.85. The van der Waals surface area contributed by atoms with Gasteiger partial charge >= 0.3 is 0 Å². The van der Waals surface area contributed by atoms with Gasteiger partial charge in [-0.1, -0.05) is 79.2 Å². The molecule has 0 saturated heterocycles. The topological polar surface area (TPSA) is 96.0 Å². The highest BCUT2D eigenvalue weighted by molar-refractivity contribution is 7.92. The van der Waals surface area contributed by atoms with Crippen LogP contribution in [0.3, 0.4) is 0 Å². The van der Waals surface area contributed by atoms with E-state index in [1.165, 1.54) is 47.4 Å². The lowest BCUT2D eigenvalue weighted by Crippen LogP contribution is -2.54. The van der Waals surface area contributed by atoms with Gasteiger partial charge in [0.2, 0.25) is 11.8 Å². The summed E-state index contributed by atoms with van der Waals surface area (Å²) in [4.78, 5) is 29.7. The predicted molar refractivity (Wildman–Crippen MR) is 182 cm³/mol. The minimum Gasteiger partial charge on any atom is -0.492 e. The summed E-state index contributed by atoms with van der Waals surface area (Å²) >= 11 is 6.06. The van der Waals surface area contributed by atoms with Crippen LogP contribution in [0.2, 0.25) is 5.02 Å². The van der Waals surface area contributed by atoms with Gasteiger partial charge in [0.25, 0.3) is 10.0 Å². The smallest absolute Gasteiger partial charge is 0.264 e. The first-order chi connectivity index (χ1) is 22.5. The van der Waals surface area contributed by atoms with Crippen LogP contribution in [0, 0.1) is 5.82 Å². The molecule has 4 rings (SSSR count). The van der Waals surface area contributed by atoms with Crippen LogP contribution >= 0.6 is 11.6 Å². The molecule has 0 radical (unpaired) electrons. The van der Waals surface area contributed by atoms with E-state index in [9.17, 15) is 18.0 Å². The highest BCUT2D eigenvalue weighted by Crippen LogP contribution is 2.33. The highest BCUT2D eigenvalue weighted by atomic mass is 35.5. The summed E-state index contributed by atoms with van der Waals surface area (Å²) in [6.45, 7) is 4.80. The van der Waals surface area contributed by atoms with E-state index in [0.717, 1.165) is 9.87 Å². The van der Waals surface area contributed by atoms with Gasteiger partial charge in [0.1, 0.15) is 24.2 Å². The molecule has 4 aromatic carbocycles. The van der Waals surface area contributed by atoms with Gasteiger partial charge in [-0.15, -0.1) is 0 Å². The molecule has 1 N–H and O–H groups in total. The Bertz CT molecular complexity index is 1760. The summed E-state index contributed by atoms with van der Waals surface area (Å²) in [5.41, 5.74) is 1.08. The predicted octanol–water partition coefficient (Wildman–Crippen LogP) is 6.63. The van der Waals surface area contributed by atoms with Gasteiger partial charge in [0.15, 0.2) is 0 Å². The Kier molecular flexibility index (Phi) is 12.4. The van der Waals surface area contributed by atoms with E-state index in [2.05, 4.69) is 5.32 Å². The Morgan fingerprint density at radius 3 is 2.19 bits per heavy atom. The van der Waals surface area contributed by atoms with Gasteiger partial charge in [0.05, 0.1) is 17.2 Å². The Labute approximate surface area is 281 Å². The van der Waals surface area contributed by atoms with Crippen molar-refractivity contribution in [2.24, 2.45) is 0 Å².